The van der Waals surface area contributed by atoms with Crippen molar-refractivity contribution in [3.8, 4) is 0 Å². The van der Waals surface area contributed by atoms with Gasteiger partial charge in [-0.1, -0.05) is 29.8 Å². The van der Waals surface area contributed by atoms with E-state index >= 15 is 0 Å². The fraction of sp³-hybridized carbons (Fsp3) is 0.273. The number of carbonyl (C=O) groups excluding carboxylic acids is 2. The van der Waals surface area contributed by atoms with Gasteiger partial charge in [0.05, 0.1) is 12.9 Å². The molecular weight excluding hydrogens is 445 g/mol. The van der Waals surface area contributed by atoms with Crippen LogP contribution in [0.2, 0.25) is 5.02 Å². The Labute approximate surface area is 185 Å². The van der Waals surface area contributed by atoms with E-state index in [-0.39, 0.29) is 23.6 Å². The maximum absolute atomic E-state index is 14.7. The Hall–Kier alpha value is -2.71. The molecule has 0 spiro atoms. The van der Waals surface area contributed by atoms with E-state index in [1.807, 2.05) is 0 Å². The minimum Gasteiger partial charge on any atom is -0.465 e. The number of nitrogens with one attached hydrogen (secondary N) is 1. The van der Waals surface area contributed by atoms with Crippen LogP contribution in [0.3, 0.4) is 0 Å². The van der Waals surface area contributed by atoms with Crippen molar-refractivity contribution in [3.63, 3.8) is 0 Å². The van der Waals surface area contributed by atoms with Crippen molar-refractivity contribution in [2.75, 3.05) is 17.6 Å². The van der Waals surface area contributed by atoms with Crippen LogP contribution in [0, 0.1) is 11.7 Å². The van der Waals surface area contributed by atoms with Gasteiger partial charge < -0.3 is 4.74 Å². The molecule has 164 valence electrons. The first-order valence-corrected chi connectivity index (χ1v) is 11.8. The Morgan fingerprint density at radius 3 is 2.48 bits per heavy atom. The first kappa shape index (κ1) is 23.0. The lowest BCUT2D eigenvalue weighted by Gasteiger charge is -2.30. The topological polar surface area (TPSA) is 89.5 Å². The lowest BCUT2D eigenvalue weighted by molar-refractivity contribution is -0.151. The number of carbonyl (C=O) groups is 2. The Kier molecular flexibility index (Phi) is 6.81. The summed E-state index contributed by atoms with van der Waals surface area (Å²) >= 11 is 6.25. The summed E-state index contributed by atoms with van der Waals surface area (Å²) in [5.74, 6) is -3.87. The quantitative estimate of drug-likeness (QED) is 0.511. The van der Waals surface area contributed by atoms with Crippen LogP contribution in [-0.2, 0) is 24.3 Å². The van der Waals surface area contributed by atoms with Crippen LogP contribution >= 0.6 is 11.6 Å². The Balaban J connectivity index is 2.02. The van der Waals surface area contributed by atoms with E-state index in [0.29, 0.717) is 16.8 Å². The molecule has 2 atom stereocenters. The zero-order chi connectivity index (χ0) is 22.8. The molecule has 31 heavy (non-hydrogen) atoms. The molecule has 6 nitrogen and oxygen atoms in total. The van der Waals surface area contributed by atoms with E-state index in [1.165, 1.54) is 24.3 Å². The monoisotopic (exact) mass is 465 g/mol. The van der Waals surface area contributed by atoms with Gasteiger partial charge in [0.1, 0.15) is 11.7 Å². The smallest absolute Gasteiger partial charge is 0.317 e. The average Bonchev–Trinajstić information content (AvgIpc) is 2.67. The lowest BCUT2D eigenvalue weighted by Crippen LogP contribution is -2.34. The zero-order valence-electron chi connectivity index (χ0n) is 16.9. The third kappa shape index (κ3) is 5.32. The number of allylic oxidation sites excluding steroid dienone is 2. The average molecular weight is 466 g/mol. The van der Waals surface area contributed by atoms with Crippen molar-refractivity contribution in [3.05, 3.63) is 70.5 Å². The predicted octanol–water partition coefficient (Wildman–Crippen LogP) is 4.17. The first-order valence-electron chi connectivity index (χ1n) is 9.54. The third-order valence-electron chi connectivity index (χ3n) is 4.94. The molecule has 0 saturated heterocycles. The molecule has 2 aromatic rings. The summed E-state index contributed by atoms with van der Waals surface area (Å²) in [7, 11) is -3.43. The highest BCUT2D eigenvalue weighted by atomic mass is 35.5. The minimum atomic E-state index is -3.43. The molecule has 0 radical (unpaired) electrons. The third-order valence-corrected chi connectivity index (χ3v) is 5.87. The largest absolute Gasteiger partial charge is 0.465 e. The summed E-state index contributed by atoms with van der Waals surface area (Å²) in [6, 6.07) is 10.6. The van der Waals surface area contributed by atoms with Gasteiger partial charge in [-0.05, 0) is 54.8 Å². The van der Waals surface area contributed by atoms with Gasteiger partial charge in [0.15, 0.2) is 5.78 Å². The zero-order valence-corrected chi connectivity index (χ0v) is 18.5. The van der Waals surface area contributed by atoms with Crippen molar-refractivity contribution in [1.82, 2.24) is 0 Å². The molecule has 2 aromatic carbocycles. The normalized spacial score (nSPS) is 19.0. The number of halogens is 2. The van der Waals surface area contributed by atoms with E-state index in [0.717, 1.165) is 6.26 Å². The number of rotatable bonds is 6. The standard InChI is InChI=1S/C22H21ClFNO5S/c1-3-30-22(27)21-16(20-17(23)5-4-6-18(20)24)11-14(12-19(21)26)13-7-9-15(10-8-13)25-31(2,28)29/h4-10,12,16,21,25H,3,11H2,1-2H3. The Bertz CT molecular complexity index is 1120. The van der Waals surface area contributed by atoms with Crippen LogP contribution in [0.5, 0.6) is 0 Å². The molecule has 1 N–H and O–H groups in total. The van der Waals surface area contributed by atoms with E-state index in [4.69, 9.17) is 16.3 Å². The van der Waals surface area contributed by atoms with Crippen LogP contribution in [0.15, 0.2) is 48.5 Å². The number of sulfonamides is 1. The van der Waals surface area contributed by atoms with Crippen LogP contribution in [0.25, 0.3) is 5.57 Å². The second-order valence-electron chi connectivity index (χ2n) is 7.20. The molecule has 0 saturated carbocycles. The van der Waals surface area contributed by atoms with Crippen molar-refractivity contribution in [2.24, 2.45) is 5.92 Å². The lowest BCUT2D eigenvalue weighted by atomic mass is 9.73. The number of hydrogen-bond acceptors (Lipinski definition) is 5. The highest BCUT2D eigenvalue weighted by Crippen LogP contribution is 2.43. The number of hydrogen-bond donors (Lipinski definition) is 1. The fourth-order valence-electron chi connectivity index (χ4n) is 3.69. The molecule has 2 unspecified atom stereocenters. The van der Waals surface area contributed by atoms with Crippen molar-refractivity contribution in [1.29, 1.82) is 0 Å². The van der Waals surface area contributed by atoms with Crippen LogP contribution in [-0.4, -0.2) is 33.0 Å². The van der Waals surface area contributed by atoms with Gasteiger partial charge >= 0.3 is 5.97 Å². The number of benzene rings is 2. The maximum Gasteiger partial charge on any atom is 0.317 e. The molecule has 0 aliphatic heterocycles. The number of anilines is 1. The van der Waals surface area contributed by atoms with Gasteiger partial charge in [0, 0.05) is 22.2 Å². The van der Waals surface area contributed by atoms with Gasteiger partial charge in [0.2, 0.25) is 10.0 Å². The number of ether oxygens (including phenoxy) is 1. The molecule has 0 amide bonds. The summed E-state index contributed by atoms with van der Waals surface area (Å²) in [5, 5.41) is 0.126. The molecule has 0 bridgehead atoms. The molecule has 0 heterocycles. The SMILES string of the molecule is CCOC(=O)C1C(=O)C=C(c2ccc(NS(C)(=O)=O)cc2)CC1c1c(F)cccc1Cl. The Morgan fingerprint density at radius 1 is 1.23 bits per heavy atom. The first-order chi connectivity index (χ1) is 14.6. The van der Waals surface area contributed by atoms with Crippen LogP contribution in [0.1, 0.15) is 30.4 Å². The maximum atomic E-state index is 14.7. The number of ketones is 1. The van der Waals surface area contributed by atoms with Crippen molar-refractivity contribution >= 4 is 44.6 Å². The minimum absolute atomic E-state index is 0.0890. The van der Waals surface area contributed by atoms with E-state index in [2.05, 4.69) is 4.72 Å². The molecular formula is C22H21ClFNO5S. The molecule has 0 fully saturated rings. The summed E-state index contributed by atoms with van der Waals surface area (Å²) < 4.78 is 44.9. The summed E-state index contributed by atoms with van der Waals surface area (Å²) in [5.41, 5.74) is 1.69. The van der Waals surface area contributed by atoms with E-state index < -0.39 is 39.4 Å². The molecule has 1 aliphatic carbocycles. The van der Waals surface area contributed by atoms with Crippen LogP contribution in [0.4, 0.5) is 10.1 Å². The molecule has 9 heteroatoms. The van der Waals surface area contributed by atoms with Gasteiger partial charge in [-0.15, -0.1) is 0 Å². The van der Waals surface area contributed by atoms with Gasteiger partial charge in [-0.3, -0.25) is 14.3 Å². The molecule has 0 aromatic heterocycles. The summed E-state index contributed by atoms with van der Waals surface area (Å²) in [6.45, 7) is 1.72. The second-order valence-corrected chi connectivity index (χ2v) is 9.35. The van der Waals surface area contributed by atoms with Gasteiger partial charge in [-0.25, -0.2) is 12.8 Å². The highest BCUT2D eigenvalue weighted by Gasteiger charge is 2.41. The molecule has 3 rings (SSSR count). The van der Waals surface area contributed by atoms with Crippen molar-refractivity contribution in [2.45, 2.75) is 19.3 Å². The second kappa shape index (κ2) is 9.20. The Morgan fingerprint density at radius 2 is 1.90 bits per heavy atom. The van der Waals surface area contributed by atoms with E-state index in [9.17, 15) is 22.4 Å². The predicted molar refractivity (Wildman–Crippen MR) is 117 cm³/mol. The van der Waals surface area contributed by atoms with Crippen LogP contribution < -0.4 is 4.72 Å². The van der Waals surface area contributed by atoms with Gasteiger partial charge in [-0.2, -0.15) is 0 Å². The van der Waals surface area contributed by atoms with Crippen molar-refractivity contribution < 1.29 is 27.1 Å². The fourth-order valence-corrected chi connectivity index (χ4v) is 4.55. The number of esters is 1. The van der Waals surface area contributed by atoms with E-state index in [1.54, 1.807) is 31.2 Å². The van der Waals surface area contributed by atoms with Gasteiger partial charge in [0.25, 0.3) is 0 Å². The summed E-state index contributed by atoms with van der Waals surface area (Å²) in [4.78, 5) is 25.5. The summed E-state index contributed by atoms with van der Waals surface area (Å²) in [6.07, 6.45) is 2.57. The highest BCUT2D eigenvalue weighted by molar-refractivity contribution is 7.92. The molecule has 1 aliphatic rings.